The number of hydrogen-bond acceptors (Lipinski definition) is 4. The second kappa shape index (κ2) is 5.07. The van der Waals surface area contributed by atoms with Crippen molar-refractivity contribution >= 4 is 11.7 Å². The van der Waals surface area contributed by atoms with Crippen molar-refractivity contribution in [2.75, 3.05) is 0 Å². The van der Waals surface area contributed by atoms with Gasteiger partial charge in [-0.15, -0.1) is 0 Å². The number of hydrogen-bond donors (Lipinski definition) is 1. The maximum Gasteiger partial charge on any atom is 0.306 e. The molecule has 0 amide bonds. The topological polar surface area (TPSA) is 58.9 Å². The Morgan fingerprint density at radius 3 is 2.53 bits per heavy atom. The number of carbonyl (C=O) groups is 1. The summed E-state index contributed by atoms with van der Waals surface area (Å²) in [7, 11) is 0. The molecule has 1 fully saturated rings. The van der Waals surface area contributed by atoms with Crippen LogP contribution in [0.15, 0.2) is 5.16 Å². The smallest absolute Gasteiger partial charge is 0.306 e. The minimum atomic E-state index is -0.130. The van der Waals surface area contributed by atoms with Gasteiger partial charge in [-0.2, -0.15) is 0 Å². The van der Waals surface area contributed by atoms with Crippen LogP contribution in [0.2, 0.25) is 0 Å². The Balaban J connectivity index is 2.53. The monoisotopic (exact) mass is 241 g/mol. The molecular formula is C13H23NO3. The molecule has 0 radical (unpaired) electrons. The Morgan fingerprint density at radius 2 is 2.12 bits per heavy atom. The number of nitrogens with zero attached hydrogens (tertiary/aromatic N) is 1. The van der Waals surface area contributed by atoms with E-state index in [9.17, 15) is 4.79 Å². The number of carbonyl (C=O) groups excluding carboxylic acids is 1. The first-order chi connectivity index (χ1) is 7.78. The van der Waals surface area contributed by atoms with Crippen molar-refractivity contribution in [3.63, 3.8) is 0 Å². The van der Waals surface area contributed by atoms with Crippen molar-refractivity contribution in [1.82, 2.24) is 0 Å². The molecule has 17 heavy (non-hydrogen) atoms. The first kappa shape index (κ1) is 14.0. The standard InChI is InChI=1S/C13H23NO3/c1-8(2)17-12(15)7-10-6-11(9(3)14-16)13(10,4)5/h8,10-11,16H,6-7H2,1-5H3/b14-9+/t10-,11+/m0/s1. The molecule has 0 aromatic carbocycles. The van der Waals surface area contributed by atoms with Crippen molar-refractivity contribution in [1.29, 1.82) is 0 Å². The van der Waals surface area contributed by atoms with E-state index in [1.54, 1.807) is 0 Å². The zero-order chi connectivity index (χ0) is 13.2. The minimum Gasteiger partial charge on any atom is -0.463 e. The van der Waals surface area contributed by atoms with Gasteiger partial charge in [-0.25, -0.2) is 0 Å². The molecule has 0 heterocycles. The van der Waals surface area contributed by atoms with Crippen molar-refractivity contribution in [3.8, 4) is 0 Å². The summed E-state index contributed by atoms with van der Waals surface area (Å²) in [6.07, 6.45) is 1.30. The second-order valence-corrected chi connectivity index (χ2v) is 5.79. The second-order valence-electron chi connectivity index (χ2n) is 5.79. The molecule has 0 aromatic rings. The third-order valence-electron chi connectivity index (χ3n) is 3.91. The zero-order valence-corrected chi connectivity index (χ0v) is 11.4. The average molecular weight is 241 g/mol. The fourth-order valence-corrected chi connectivity index (χ4v) is 2.65. The van der Waals surface area contributed by atoms with E-state index in [0.29, 0.717) is 12.3 Å². The normalized spacial score (nSPS) is 27.8. The SMILES string of the molecule is C/C(=N\O)[C@H]1C[C@@H](CC(=O)OC(C)C)C1(C)C. The Bertz CT molecular complexity index is 321. The highest BCUT2D eigenvalue weighted by atomic mass is 16.5. The van der Waals surface area contributed by atoms with Crippen LogP contribution in [-0.4, -0.2) is 23.0 Å². The van der Waals surface area contributed by atoms with Gasteiger partial charge in [0.2, 0.25) is 0 Å². The van der Waals surface area contributed by atoms with E-state index in [1.165, 1.54) is 0 Å². The molecule has 1 saturated carbocycles. The zero-order valence-electron chi connectivity index (χ0n) is 11.4. The highest BCUT2D eigenvalue weighted by molar-refractivity contribution is 5.85. The molecule has 1 aliphatic rings. The van der Waals surface area contributed by atoms with Crippen molar-refractivity contribution in [2.45, 2.75) is 53.6 Å². The summed E-state index contributed by atoms with van der Waals surface area (Å²) in [6.45, 7) is 9.77. The van der Waals surface area contributed by atoms with Gasteiger partial charge in [-0.05, 0) is 38.5 Å². The first-order valence-electron chi connectivity index (χ1n) is 6.17. The molecule has 1 rings (SSSR count). The molecule has 0 aromatic heterocycles. The lowest BCUT2D eigenvalue weighted by atomic mass is 9.52. The van der Waals surface area contributed by atoms with E-state index < -0.39 is 0 Å². The van der Waals surface area contributed by atoms with Crippen LogP contribution >= 0.6 is 0 Å². The predicted octanol–water partition coefficient (Wildman–Crippen LogP) is 2.84. The van der Waals surface area contributed by atoms with E-state index in [-0.39, 0.29) is 23.4 Å². The molecule has 98 valence electrons. The molecule has 0 spiro atoms. The van der Waals surface area contributed by atoms with Crippen LogP contribution < -0.4 is 0 Å². The van der Waals surface area contributed by atoms with Crippen molar-refractivity contribution in [2.24, 2.45) is 22.4 Å². The molecule has 0 aliphatic heterocycles. The van der Waals surface area contributed by atoms with Crippen LogP contribution in [-0.2, 0) is 9.53 Å². The molecule has 2 atom stereocenters. The van der Waals surface area contributed by atoms with Gasteiger partial charge < -0.3 is 9.94 Å². The minimum absolute atomic E-state index is 0.00626. The van der Waals surface area contributed by atoms with Gasteiger partial charge in [0, 0.05) is 12.3 Å². The van der Waals surface area contributed by atoms with Crippen LogP contribution in [0.3, 0.4) is 0 Å². The van der Waals surface area contributed by atoms with Gasteiger partial charge in [-0.1, -0.05) is 19.0 Å². The third kappa shape index (κ3) is 2.99. The molecule has 1 aliphatic carbocycles. The van der Waals surface area contributed by atoms with Gasteiger partial charge in [0.1, 0.15) is 0 Å². The summed E-state index contributed by atoms with van der Waals surface area (Å²) in [5, 5.41) is 12.1. The summed E-state index contributed by atoms with van der Waals surface area (Å²) >= 11 is 0. The van der Waals surface area contributed by atoms with Crippen LogP contribution in [0.5, 0.6) is 0 Å². The third-order valence-corrected chi connectivity index (χ3v) is 3.91. The summed E-state index contributed by atoms with van der Waals surface area (Å²) in [4.78, 5) is 11.6. The summed E-state index contributed by atoms with van der Waals surface area (Å²) in [6, 6.07) is 0. The highest BCUT2D eigenvalue weighted by Crippen LogP contribution is 2.53. The quantitative estimate of drug-likeness (QED) is 0.356. The van der Waals surface area contributed by atoms with E-state index in [4.69, 9.17) is 9.94 Å². The largest absolute Gasteiger partial charge is 0.463 e. The van der Waals surface area contributed by atoms with Gasteiger partial charge in [0.25, 0.3) is 0 Å². The molecular weight excluding hydrogens is 218 g/mol. The van der Waals surface area contributed by atoms with Crippen LogP contribution in [0.25, 0.3) is 0 Å². The number of esters is 1. The maximum absolute atomic E-state index is 11.6. The molecule has 0 bridgehead atoms. The first-order valence-corrected chi connectivity index (χ1v) is 6.17. The van der Waals surface area contributed by atoms with E-state index in [0.717, 1.165) is 12.1 Å². The Morgan fingerprint density at radius 1 is 1.53 bits per heavy atom. The lowest BCUT2D eigenvalue weighted by Gasteiger charge is -2.51. The van der Waals surface area contributed by atoms with Crippen LogP contribution in [0, 0.1) is 17.3 Å². The molecule has 4 heteroatoms. The molecule has 0 saturated heterocycles. The number of rotatable bonds is 4. The fraction of sp³-hybridized carbons (Fsp3) is 0.846. The van der Waals surface area contributed by atoms with Crippen LogP contribution in [0.4, 0.5) is 0 Å². The molecule has 0 unspecified atom stereocenters. The predicted molar refractivity (Wildman–Crippen MR) is 66.1 cm³/mol. The average Bonchev–Trinajstić information content (AvgIpc) is 2.21. The van der Waals surface area contributed by atoms with Gasteiger partial charge >= 0.3 is 5.97 Å². The van der Waals surface area contributed by atoms with Gasteiger partial charge in [0.05, 0.1) is 11.8 Å². The summed E-state index contributed by atoms with van der Waals surface area (Å²) in [5.74, 6) is 0.454. The van der Waals surface area contributed by atoms with Crippen LogP contribution in [0.1, 0.15) is 47.5 Å². The maximum atomic E-state index is 11.6. The van der Waals surface area contributed by atoms with Crippen molar-refractivity contribution < 1.29 is 14.7 Å². The fourth-order valence-electron chi connectivity index (χ4n) is 2.65. The Hall–Kier alpha value is -1.06. The molecule has 1 N–H and O–H groups in total. The number of ether oxygens (including phenoxy) is 1. The van der Waals surface area contributed by atoms with Crippen molar-refractivity contribution in [3.05, 3.63) is 0 Å². The lowest BCUT2D eigenvalue weighted by molar-refractivity contribution is -0.152. The highest BCUT2D eigenvalue weighted by Gasteiger charge is 2.50. The Labute approximate surface area is 103 Å². The van der Waals surface area contributed by atoms with E-state index in [2.05, 4.69) is 19.0 Å². The Kier molecular flexibility index (Phi) is 4.17. The van der Waals surface area contributed by atoms with E-state index in [1.807, 2.05) is 20.8 Å². The van der Waals surface area contributed by atoms with Gasteiger partial charge in [0.15, 0.2) is 0 Å². The summed E-state index contributed by atoms with van der Waals surface area (Å²) < 4.78 is 5.15. The lowest BCUT2D eigenvalue weighted by Crippen LogP contribution is -2.49. The summed E-state index contributed by atoms with van der Waals surface area (Å²) in [5.41, 5.74) is 0.759. The molecule has 4 nitrogen and oxygen atoms in total. The number of oxime groups is 1. The van der Waals surface area contributed by atoms with Gasteiger partial charge in [-0.3, -0.25) is 4.79 Å². The van der Waals surface area contributed by atoms with E-state index >= 15 is 0 Å².